The van der Waals surface area contributed by atoms with E-state index in [1.807, 2.05) is 9.80 Å². The number of amides is 2. The Bertz CT molecular complexity index is 584. The summed E-state index contributed by atoms with van der Waals surface area (Å²) in [5, 5.41) is 2.81. The van der Waals surface area contributed by atoms with Gasteiger partial charge in [-0.3, -0.25) is 14.5 Å². The smallest absolute Gasteiger partial charge is 0.234 e. The van der Waals surface area contributed by atoms with Crippen molar-refractivity contribution in [2.45, 2.75) is 25.8 Å². The molecule has 130 valence electrons. The highest BCUT2D eigenvalue weighted by atomic mass is 32.2. The molecule has 23 heavy (non-hydrogen) atoms. The first kappa shape index (κ1) is 16.7. The highest BCUT2D eigenvalue weighted by Gasteiger charge is 2.42. The summed E-state index contributed by atoms with van der Waals surface area (Å²) >= 11 is 0. The molecule has 2 aliphatic heterocycles. The summed E-state index contributed by atoms with van der Waals surface area (Å²) < 4.78 is 22.8. The van der Waals surface area contributed by atoms with E-state index in [1.54, 1.807) is 0 Å². The second kappa shape index (κ2) is 6.39. The maximum absolute atomic E-state index is 12.2. The first-order valence-corrected chi connectivity index (χ1v) is 10.2. The lowest BCUT2D eigenvalue weighted by molar-refractivity contribution is -0.134. The van der Waals surface area contributed by atoms with Gasteiger partial charge < -0.3 is 10.2 Å². The van der Waals surface area contributed by atoms with Gasteiger partial charge in [0.1, 0.15) is 0 Å². The Balaban J connectivity index is 1.38. The Morgan fingerprint density at radius 2 is 1.83 bits per heavy atom. The van der Waals surface area contributed by atoms with Gasteiger partial charge in [0.2, 0.25) is 11.8 Å². The molecule has 2 heterocycles. The summed E-state index contributed by atoms with van der Waals surface area (Å²) in [6.07, 6.45) is 1.52. The number of nitrogens with zero attached hydrogens (tertiary/aromatic N) is 2. The lowest BCUT2D eigenvalue weighted by atomic mass is 10.2. The lowest BCUT2D eigenvalue weighted by Crippen LogP contribution is -2.52. The average Bonchev–Trinajstić information content (AvgIpc) is 3.12. The van der Waals surface area contributed by atoms with Crippen LogP contribution in [-0.4, -0.2) is 80.3 Å². The molecular weight excluding hydrogens is 318 g/mol. The van der Waals surface area contributed by atoms with Crippen molar-refractivity contribution in [2.24, 2.45) is 11.8 Å². The molecule has 0 aromatic heterocycles. The van der Waals surface area contributed by atoms with Gasteiger partial charge in [-0.25, -0.2) is 8.42 Å². The van der Waals surface area contributed by atoms with E-state index in [-0.39, 0.29) is 41.8 Å². The average molecular weight is 343 g/mol. The van der Waals surface area contributed by atoms with Gasteiger partial charge in [-0.2, -0.15) is 0 Å². The number of nitrogens with one attached hydrogen (secondary N) is 1. The largest absolute Gasteiger partial charge is 0.351 e. The number of carbonyl (C=O) groups is 2. The van der Waals surface area contributed by atoms with Gasteiger partial charge >= 0.3 is 0 Å². The Morgan fingerprint density at radius 3 is 2.35 bits per heavy atom. The molecule has 0 aromatic rings. The van der Waals surface area contributed by atoms with Crippen LogP contribution in [0.5, 0.6) is 0 Å². The maximum Gasteiger partial charge on any atom is 0.234 e. The third-order valence-corrected chi connectivity index (χ3v) is 6.84. The first-order chi connectivity index (χ1) is 10.8. The standard InChI is InChI=1S/C15H25N3O4S/c1-11-8-13(11)15(20)18-5-3-17(4-6-18)9-14(19)16-12-2-7-23(21,22)10-12/h11-13H,2-10H2,1H3,(H,16,19)/t11-,12+,13+/m1/s1. The molecule has 0 unspecified atom stereocenters. The zero-order valence-electron chi connectivity index (χ0n) is 13.5. The molecule has 0 radical (unpaired) electrons. The number of sulfone groups is 1. The fourth-order valence-corrected chi connectivity index (χ4v) is 5.09. The van der Waals surface area contributed by atoms with Crippen molar-refractivity contribution in [1.82, 2.24) is 15.1 Å². The Morgan fingerprint density at radius 1 is 1.17 bits per heavy atom. The zero-order chi connectivity index (χ0) is 16.6. The molecule has 2 saturated heterocycles. The van der Waals surface area contributed by atoms with E-state index < -0.39 is 9.84 Å². The molecule has 7 nitrogen and oxygen atoms in total. The van der Waals surface area contributed by atoms with Gasteiger partial charge in [0.05, 0.1) is 18.1 Å². The van der Waals surface area contributed by atoms with Crippen molar-refractivity contribution < 1.29 is 18.0 Å². The molecule has 3 aliphatic rings. The topological polar surface area (TPSA) is 86.8 Å². The van der Waals surface area contributed by atoms with E-state index in [0.717, 1.165) is 6.42 Å². The fraction of sp³-hybridized carbons (Fsp3) is 0.867. The Hall–Kier alpha value is -1.15. The molecule has 1 saturated carbocycles. The van der Waals surface area contributed by atoms with E-state index in [9.17, 15) is 18.0 Å². The van der Waals surface area contributed by atoms with Gasteiger partial charge in [0.25, 0.3) is 0 Å². The summed E-state index contributed by atoms with van der Waals surface area (Å²) in [4.78, 5) is 28.1. The molecule has 3 fully saturated rings. The second-order valence-corrected chi connectivity index (χ2v) is 9.32. The van der Waals surface area contributed by atoms with Gasteiger partial charge in [-0.15, -0.1) is 0 Å². The summed E-state index contributed by atoms with van der Waals surface area (Å²) in [6, 6.07) is -0.244. The minimum atomic E-state index is -2.97. The first-order valence-electron chi connectivity index (χ1n) is 8.35. The van der Waals surface area contributed by atoms with Crippen molar-refractivity contribution in [3.63, 3.8) is 0 Å². The zero-order valence-corrected chi connectivity index (χ0v) is 14.3. The normalized spacial score (nSPS) is 33.4. The number of carbonyl (C=O) groups excluding carboxylic acids is 2. The summed E-state index contributed by atoms with van der Waals surface area (Å²) in [7, 11) is -2.97. The number of hydrogen-bond acceptors (Lipinski definition) is 5. The minimum absolute atomic E-state index is 0.0561. The van der Waals surface area contributed by atoms with Gasteiger partial charge in [0.15, 0.2) is 9.84 Å². The maximum atomic E-state index is 12.2. The van der Waals surface area contributed by atoms with Crippen LogP contribution in [0.4, 0.5) is 0 Å². The number of hydrogen-bond donors (Lipinski definition) is 1. The SMILES string of the molecule is C[C@@H]1C[C@@H]1C(=O)N1CCN(CC(=O)N[C@H]2CCS(=O)(=O)C2)CC1. The number of rotatable bonds is 4. The van der Waals surface area contributed by atoms with Crippen LogP contribution in [0.3, 0.4) is 0 Å². The third kappa shape index (κ3) is 4.23. The van der Waals surface area contributed by atoms with E-state index in [2.05, 4.69) is 12.2 Å². The molecule has 1 N–H and O–H groups in total. The monoisotopic (exact) mass is 343 g/mol. The van der Waals surface area contributed by atoms with Gasteiger partial charge in [-0.05, 0) is 18.8 Å². The molecule has 8 heteroatoms. The predicted molar refractivity (Wildman–Crippen MR) is 85.5 cm³/mol. The van der Waals surface area contributed by atoms with Crippen LogP contribution >= 0.6 is 0 Å². The van der Waals surface area contributed by atoms with Crippen LogP contribution in [0.2, 0.25) is 0 Å². The molecule has 3 atom stereocenters. The molecular formula is C15H25N3O4S. The molecule has 2 amide bonds. The van der Waals surface area contributed by atoms with Crippen molar-refractivity contribution >= 4 is 21.7 Å². The van der Waals surface area contributed by atoms with Crippen molar-refractivity contribution in [3.05, 3.63) is 0 Å². The minimum Gasteiger partial charge on any atom is -0.351 e. The van der Waals surface area contributed by atoms with E-state index in [1.165, 1.54) is 0 Å². The van der Waals surface area contributed by atoms with E-state index in [0.29, 0.717) is 38.5 Å². The summed E-state index contributed by atoms with van der Waals surface area (Å²) in [5.74, 6) is 1.10. The summed E-state index contributed by atoms with van der Waals surface area (Å²) in [5.41, 5.74) is 0. The van der Waals surface area contributed by atoms with Crippen LogP contribution in [0, 0.1) is 11.8 Å². The third-order valence-electron chi connectivity index (χ3n) is 5.08. The predicted octanol–water partition coefficient (Wildman–Crippen LogP) is -0.910. The lowest BCUT2D eigenvalue weighted by Gasteiger charge is -2.34. The molecule has 3 rings (SSSR count). The van der Waals surface area contributed by atoms with Crippen molar-refractivity contribution in [3.8, 4) is 0 Å². The van der Waals surface area contributed by atoms with Crippen molar-refractivity contribution in [2.75, 3.05) is 44.2 Å². The van der Waals surface area contributed by atoms with E-state index in [4.69, 9.17) is 0 Å². The molecule has 0 aromatic carbocycles. The van der Waals surface area contributed by atoms with Crippen molar-refractivity contribution in [1.29, 1.82) is 0 Å². The highest BCUT2D eigenvalue weighted by molar-refractivity contribution is 7.91. The molecule has 1 aliphatic carbocycles. The van der Waals surface area contributed by atoms with Crippen LogP contribution in [-0.2, 0) is 19.4 Å². The van der Waals surface area contributed by atoms with Crippen LogP contribution in [0.1, 0.15) is 19.8 Å². The summed E-state index contributed by atoms with van der Waals surface area (Å²) in [6.45, 7) is 5.12. The quantitative estimate of drug-likeness (QED) is 0.714. The Kier molecular flexibility index (Phi) is 4.64. The molecule has 0 bridgehead atoms. The molecule has 0 spiro atoms. The highest BCUT2D eigenvalue weighted by Crippen LogP contribution is 2.39. The van der Waals surface area contributed by atoms with Crippen LogP contribution < -0.4 is 5.32 Å². The fourth-order valence-electron chi connectivity index (χ4n) is 3.41. The van der Waals surface area contributed by atoms with Crippen LogP contribution in [0.25, 0.3) is 0 Å². The second-order valence-electron chi connectivity index (χ2n) is 7.09. The van der Waals surface area contributed by atoms with Crippen LogP contribution in [0.15, 0.2) is 0 Å². The number of piperazine rings is 1. The van der Waals surface area contributed by atoms with Gasteiger partial charge in [-0.1, -0.05) is 6.92 Å². The Labute approximate surface area is 137 Å². The van der Waals surface area contributed by atoms with Gasteiger partial charge in [0, 0.05) is 38.1 Å². The van der Waals surface area contributed by atoms with E-state index >= 15 is 0 Å².